The average molecular weight is 274 g/mol. The van der Waals surface area contributed by atoms with Gasteiger partial charge in [0.05, 0.1) is 17.1 Å². The first kappa shape index (κ1) is 14.4. The summed E-state index contributed by atoms with van der Waals surface area (Å²) in [6, 6.07) is 0.287. The van der Waals surface area contributed by atoms with Gasteiger partial charge < -0.3 is 5.32 Å². The smallest absolute Gasteiger partial charge is 0.233 e. The monoisotopic (exact) mass is 274 g/mol. The van der Waals surface area contributed by atoms with Crippen molar-refractivity contribution in [2.75, 3.05) is 6.54 Å². The third-order valence-corrected chi connectivity index (χ3v) is 3.82. The highest BCUT2D eigenvalue weighted by Gasteiger charge is 2.12. The van der Waals surface area contributed by atoms with Gasteiger partial charge >= 0.3 is 0 Å². The van der Waals surface area contributed by atoms with Crippen LogP contribution < -0.4 is 5.32 Å². The second-order valence-corrected chi connectivity index (χ2v) is 5.60. The van der Waals surface area contributed by atoms with Crippen LogP contribution in [0.5, 0.6) is 0 Å². The van der Waals surface area contributed by atoms with Crippen LogP contribution in [-0.2, 0) is 11.2 Å². The summed E-state index contributed by atoms with van der Waals surface area (Å²) in [6.07, 6.45) is 2.48. The molecule has 1 heterocycles. The lowest BCUT2D eigenvalue weighted by atomic mass is 10.3. The van der Waals surface area contributed by atoms with Crippen LogP contribution in [0.1, 0.15) is 32.5 Å². The fourth-order valence-corrected chi connectivity index (χ4v) is 1.85. The van der Waals surface area contributed by atoms with Gasteiger partial charge in [0.15, 0.2) is 0 Å². The molecule has 17 heavy (non-hydrogen) atoms. The minimum absolute atomic E-state index is 0.00794. The highest BCUT2D eigenvalue weighted by Crippen LogP contribution is 2.13. The Morgan fingerprint density at radius 2 is 2.29 bits per heavy atom. The molecule has 0 saturated heterocycles. The van der Waals surface area contributed by atoms with Crippen molar-refractivity contribution < 1.29 is 4.79 Å². The van der Waals surface area contributed by atoms with Crippen molar-refractivity contribution in [3.63, 3.8) is 0 Å². The number of hydrogen-bond donors (Lipinski definition) is 2. The van der Waals surface area contributed by atoms with Crippen LogP contribution in [0.15, 0.2) is 6.20 Å². The molecular formula is C10H18N4OS2. The van der Waals surface area contributed by atoms with Crippen LogP contribution in [-0.4, -0.2) is 32.7 Å². The molecule has 1 unspecified atom stereocenters. The van der Waals surface area contributed by atoms with Gasteiger partial charge in [0, 0.05) is 19.0 Å². The maximum atomic E-state index is 11.5. The number of carbonyl (C=O) groups excluding carboxylic acids is 1. The average Bonchev–Trinajstić information content (AvgIpc) is 2.76. The fourth-order valence-electron chi connectivity index (χ4n) is 1.38. The standard InChI is InChI=1S/C10H18N4OS2/c1-7(2)14-9(6-12-13-14)4-5-11-10(15)8(3)17-16/h6-8,16H,4-5H2,1-3H3,(H,11,15). The number of aromatic nitrogens is 3. The predicted molar refractivity (Wildman–Crippen MR) is 73.2 cm³/mol. The van der Waals surface area contributed by atoms with E-state index < -0.39 is 0 Å². The molecule has 96 valence electrons. The Morgan fingerprint density at radius 1 is 1.59 bits per heavy atom. The highest BCUT2D eigenvalue weighted by molar-refractivity contribution is 8.69. The van der Waals surface area contributed by atoms with E-state index in [2.05, 4.69) is 41.1 Å². The quantitative estimate of drug-likeness (QED) is 0.609. The molecule has 0 saturated carbocycles. The lowest BCUT2D eigenvalue weighted by Crippen LogP contribution is -2.32. The zero-order valence-corrected chi connectivity index (χ0v) is 12.0. The minimum atomic E-state index is -0.133. The Bertz CT molecular complexity index is 367. The highest BCUT2D eigenvalue weighted by atomic mass is 33.1. The van der Waals surface area contributed by atoms with Crippen LogP contribution in [0, 0.1) is 0 Å². The fraction of sp³-hybridized carbons (Fsp3) is 0.700. The van der Waals surface area contributed by atoms with E-state index in [1.54, 1.807) is 6.20 Å². The molecule has 0 aliphatic rings. The lowest BCUT2D eigenvalue weighted by molar-refractivity contribution is -0.120. The third-order valence-electron chi connectivity index (χ3n) is 2.35. The Hall–Kier alpha value is -0.690. The molecule has 0 radical (unpaired) electrons. The van der Waals surface area contributed by atoms with E-state index in [9.17, 15) is 4.79 Å². The van der Waals surface area contributed by atoms with Crippen LogP contribution in [0.3, 0.4) is 0 Å². The second kappa shape index (κ2) is 6.90. The number of nitrogens with zero attached hydrogens (tertiary/aromatic N) is 3. The molecule has 1 aromatic rings. The number of hydrogen-bond acceptors (Lipinski definition) is 5. The van der Waals surface area contributed by atoms with Crippen molar-refractivity contribution >= 4 is 28.4 Å². The number of thiol groups is 1. The summed E-state index contributed by atoms with van der Waals surface area (Å²) in [5.41, 5.74) is 1.03. The Morgan fingerprint density at radius 3 is 2.88 bits per heavy atom. The summed E-state index contributed by atoms with van der Waals surface area (Å²) in [6.45, 7) is 6.53. The van der Waals surface area contributed by atoms with Crippen molar-refractivity contribution in [3.05, 3.63) is 11.9 Å². The summed E-state index contributed by atoms with van der Waals surface area (Å²) in [4.78, 5) is 11.5. The van der Waals surface area contributed by atoms with E-state index >= 15 is 0 Å². The summed E-state index contributed by atoms with van der Waals surface area (Å²) < 4.78 is 1.86. The van der Waals surface area contributed by atoms with E-state index in [4.69, 9.17) is 0 Å². The first-order chi connectivity index (χ1) is 8.06. The number of amides is 1. The van der Waals surface area contributed by atoms with Crippen LogP contribution in [0.4, 0.5) is 0 Å². The molecule has 0 aliphatic carbocycles. The lowest BCUT2D eigenvalue weighted by Gasteiger charge is -2.11. The molecule has 1 rings (SSSR count). The Balaban J connectivity index is 2.41. The zero-order valence-electron chi connectivity index (χ0n) is 10.3. The van der Waals surface area contributed by atoms with E-state index in [0.29, 0.717) is 6.54 Å². The van der Waals surface area contributed by atoms with Crippen molar-refractivity contribution in [1.82, 2.24) is 20.3 Å². The number of rotatable bonds is 6. The zero-order chi connectivity index (χ0) is 12.8. The van der Waals surface area contributed by atoms with Gasteiger partial charge in [-0.15, -0.1) is 16.8 Å². The van der Waals surface area contributed by atoms with Gasteiger partial charge in [-0.05, 0) is 20.8 Å². The largest absolute Gasteiger partial charge is 0.355 e. The maximum absolute atomic E-state index is 11.5. The van der Waals surface area contributed by atoms with Crippen molar-refractivity contribution in [1.29, 1.82) is 0 Å². The molecule has 0 fully saturated rings. The molecule has 0 aliphatic heterocycles. The molecule has 1 N–H and O–H groups in total. The van der Waals surface area contributed by atoms with Crippen LogP contribution in [0.2, 0.25) is 0 Å². The van der Waals surface area contributed by atoms with Gasteiger partial charge in [-0.1, -0.05) is 16.0 Å². The third kappa shape index (κ3) is 4.23. The molecule has 0 aromatic carbocycles. The maximum Gasteiger partial charge on any atom is 0.233 e. The van der Waals surface area contributed by atoms with Crippen LogP contribution >= 0.6 is 22.5 Å². The molecule has 1 atom stereocenters. The normalized spacial score (nSPS) is 12.8. The van der Waals surface area contributed by atoms with Gasteiger partial charge in [0.1, 0.15) is 0 Å². The molecule has 0 spiro atoms. The first-order valence-corrected chi connectivity index (χ1v) is 7.46. The van der Waals surface area contributed by atoms with E-state index in [1.807, 2.05) is 11.6 Å². The molecule has 1 amide bonds. The summed E-state index contributed by atoms with van der Waals surface area (Å²) in [5.74, 6) is 0.00794. The molecule has 1 aromatic heterocycles. The number of carbonyl (C=O) groups is 1. The van der Waals surface area contributed by atoms with Gasteiger partial charge in [-0.25, -0.2) is 4.68 Å². The van der Waals surface area contributed by atoms with Gasteiger partial charge in [-0.2, -0.15) is 0 Å². The van der Waals surface area contributed by atoms with Gasteiger partial charge in [-0.3, -0.25) is 4.79 Å². The predicted octanol–water partition coefficient (Wildman–Crippen LogP) is 1.48. The Kier molecular flexibility index (Phi) is 5.84. The van der Waals surface area contributed by atoms with E-state index in [0.717, 1.165) is 12.1 Å². The summed E-state index contributed by atoms with van der Waals surface area (Å²) in [5, 5.41) is 10.6. The summed E-state index contributed by atoms with van der Waals surface area (Å²) in [7, 11) is 1.24. The summed E-state index contributed by atoms with van der Waals surface area (Å²) >= 11 is 4.01. The van der Waals surface area contributed by atoms with Crippen molar-refractivity contribution in [2.45, 2.75) is 38.5 Å². The van der Waals surface area contributed by atoms with Crippen LogP contribution in [0.25, 0.3) is 0 Å². The topological polar surface area (TPSA) is 59.8 Å². The van der Waals surface area contributed by atoms with Crippen molar-refractivity contribution in [3.8, 4) is 0 Å². The molecule has 7 heteroatoms. The first-order valence-electron chi connectivity index (χ1n) is 5.53. The molecule has 5 nitrogen and oxygen atoms in total. The van der Waals surface area contributed by atoms with E-state index in [-0.39, 0.29) is 17.2 Å². The van der Waals surface area contributed by atoms with Crippen molar-refractivity contribution in [2.24, 2.45) is 0 Å². The van der Waals surface area contributed by atoms with Gasteiger partial charge in [0.25, 0.3) is 0 Å². The number of nitrogens with one attached hydrogen (secondary N) is 1. The molecular weight excluding hydrogens is 256 g/mol. The Labute approximate surface area is 111 Å². The molecule has 0 bridgehead atoms. The minimum Gasteiger partial charge on any atom is -0.355 e. The SMILES string of the molecule is CC(SS)C(=O)NCCc1cnnn1C(C)C. The second-order valence-electron chi connectivity index (χ2n) is 4.05. The van der Waals surface area contributed by atoms with Gasteiger partial charge in [0.2, 0.25) is 5.91 Å². The van der Waals surface area contributed by atoms with E-state index in [1.165, 1.54) is 10.8 Å².